The van der Waals surface area contributed by atoms with Crippen LogP contribution in [0.3, 0.4) is 0 Å². The van der Waals surface area contributed by atoms with E-state index in [0.29, 0.717) is 24.2 Å². The molecule has 1 heterocycles. The van der Waals surface area contributed by atoms with Crippen molar-refractivity contribution >= 4 is 17.5 Å². The van der Waals surface area contributed by atoms with Crippen molar-refractivity contribution in [3.8, 4) is 0 Å². The molecule has 1 aromatic carbocycles. The smallest absolute Gasteiger partial charge is 0.228 e. The maximum Gasteiger partial charge on any atom is 0.228 e. The number of hydrogen-bond donors (Lipinski definition) is 1. The monoisotopic (exact) mass is 420 g/mol. The summed E-state index contributed by atoms with van der Waals surface area (Å²) in [6.07, 6.45) is 7.15. The number of nitrogens with one attached hydrogen (secondary N) is 1. The average Bonchev–Trinajstić information content (AvgIpc) is 3.09. The second-order valence-electron chi connectivity index (χ2n) is 11.1. The predicted octanol–water partition coefficient (Wildman–Crippen LogP) is 5.62. The van der Waals surface area contributed by atoms with E-state index in [1.54, 1.807) is 0 Å². The number of carbonyl (C=O) groups excluding carboxylic acids is 2. The molecule has 6 atom stereocenters. The number of benzene rings is 1. The molecule has 2 saturated carbocycles. The first-order valence-electron chi connectivity index (χ1n) is 12.1. The maximum absolute atomic E-state index is 13.3. The first-order valence-corrected chi connectivity index (χ1v) is 12.1. The Balaban J connectivity index is 1.43. The standard InChI is InChI=1S/C27H36N2O2/c1-17-16-19-20-10-11-22(25(31)28-18-8-6-5-7-9-18)26(20,2)14-12-21(19)27(3)15-13-23(30)29(4)24(17)27/h5-9,19-22H,10-16H2,1-4H3,(H,28,31)/t19?,20-,21?,22?,26-,27+/m0/s1. The summed E-state index contributed by atoms with van der Waals surface area (Å²) in [5.74, 6) is 2.40. The van der Waals surface area contributed by atoms with Crippen molar-refractivity contribution in [2.45, 2.75) is 65.7 Å². The molecule has 2 amide bonds. The van der Waals surface area contributed by atoms with Crippen LogP contribution < -0.4 is 5.32 Å². The van der Waals surface area contributed by atoms with Crippen LogP contribution in [0.15, 0.2) is 41.6 Å². The number of allylic oxidation sites excluding steroid dienone is 2. The number of amides is 2. The lowest BCUT2D eigenvalue weighted by atomic mass is 9.48. The number of nitrogens with zero attached hydrogens (tertiary/aromatic N) is 1. The lowest BCUT2D eigenvalue weighted by molar-refractivity contribution is -0.137. The van der Waals surface area contributed by atoms with Crippen LogP contribution in [-0.2, 0) is 9.59 Å². The highest BCUT2D eigenvalue weighted by atomic mass is 16.2. The minimum Gasteiger partial charge on any atom is -0.326 e. The fraction of sp³-hybridized carbons (Fsp3) is 0.630. The average molecular weight is 421 g/mol. The van der Waals surface area contributed by atoms with Gasteiger partial charge in [-0.15, -0.1) is 0 Å². The largest absolute Gasteiger partial charge is 0.326 e. The summed E-state index contributed by atoms with van der Waals surface area (Å²) in [5, 5.41) is 3.19. The van der Waals surface area contributed by atoms with E-state index in [0.717, 1.165) is 37.8 Å². The molecule has 4 nitrogen and oxygen atoms in total. The molecule has 1 aromatic rings. The quantitative estimate of drug-likeness (QED) is 0.675. The van der Waals surface area contributed by atoms with Crippen LogP contribution in [0.4, 0.5) is 5.69 Å². The van der Waals surface area contributed by atoms with Crippen molar-refractivity contribution in [1.29, 1.82) is 0 Å². The van der Waals surface area contributed by atoms with Crippen molar-refractivity contribution in [2.75, 3.05) is 12.4 Å². The van der Waals surface area contributed by atoms with Gasteiger partial charge in [0.25, 0.3) is 0 Å². The molecular formula is C27H36N2O2. The number of hydrogen-bond acceptors (Lipinski definition) is 2. The van der Waals surface area contributed by atoms with E-state index < -0.39 is 0 Å². The van der Waals surface area contributed by atoms with E-state index in [1.807, 2.05) is 42.3 Å². The molecule has 0 aromatic heterocycles. The molecule has 4 heteroatoms. The van der Waals surface area contributed by atoms with Crippen LogP contribution in [0.5, 0.6) is 0 Å². The second-order valence-corrected chi connectivity index (χ2v) is 11.1. The number of anilines is 1. The van der Waals surface area contributed by atoms with E-state index in [4.69, 9.17) is 0 Å². The molecule has 0 radical (unpaired) electrons. The molecule has 31 heavy (non-hydrogen) atoms. The van der Waals surface area contributed by atoms with Crippen LogP contribution in [0.25, 0.3) is 0 Å². The van der Waals surface area contributed by atoms with Gasteiger partial charge >= 0.3 is 0 Å². The van der Waals surface area contributed by atoms with E-state index in [9.17, 15) is 9.59 Å². The van der Waals surface area contributed by atoms with E-state index >= 15 is 0 Å². The van der Waals surface area contributed by atoms with Gasteiger partial charge in [0.15, 0.2) is 0 Å². The molecule has 1 aliphatic heterocycles. The third-order valence-electron chi connectivity index (χ3n) is 9.67. The van der Waals surface area contributed by atoms with Crippen LogP contribution in [-0.4, -0.2) is 23.8 Å². The third-order valence-corrected chi connectivity index (χ3v) is 9.67. The fourth-order valence-corrected chi connectivity index (χ4v) is 8.29. The Morgan fingerprint density at radius 2 is 1.81 bits per heavy atom. The molecule has 0 spiro atoms. The molecule has 5 rings (SSSR count). The minimum absolute atomic E-state index is 0.0740. The molecule has 0 bridgehead atoms. The van der Waals surface area contributed by atoms with Crippen LogP contribution in [0.1, 0.15) is 65.7 Å². The second kappa shape index (κ2) is 7.21. The van der Waals surface area contributed by atoms with Crippen molar-refractivity contribution < 1.29 is 9.59 Å². The summed E-state index contributed by atoms with van der Waals surface area (Å²) in [7, 11) is 1.98. The lowest BCUT2D eigenvalue weighted by Gasteiger charge is -2.59. The van der Waals surface area contributed by atoms with Gasteiger partial charge in [-0.2, -0.15) is 0 Å². The zero-order valence-electron chi connectivity index (χ0n) is 19.4. The summed E-state index contributed by atoms with van der Waals surface area (Å²) < 4.78 is 0. The normalized spacial score (nSPS) is 39.6. The van der Waals surface area contributed by atoms with Gasteiger partial charge in [-0.25, -0.2) is 0 Å². The zero-order chi connectivity index (χ0) is 22.0. The first kappa shape index (κ1) is 20.8. The highest BCUT2D eigenvalue weighted by Crippen LogP contribution is 2.66. The van der Waals surface area contributed by atoms with Gasteiger partial charge in [0, 0.05) is 36.2 Å². The van der Waals surface area contributed by atoms with Gasteiger partial charge < -0.3 is 10.2 Å². The summed E-state index contributed by atoms with van der Waals surface area (Å²) in [4.78, 5) is 27.7. The van der Waals surface area contributed by atoms with Gasteiger partial charge in [-0.05, 0) is 80.8 Å². The molecule has 1 N–H and O–H groups in total. The molecule has 3 unspecified atom stereocenters. The number of piperidine rings is 1. The van der Waals surface area contributed by atoms with Crippen molar-refractivity contribution in [1.82, 2.24) is 4.90 Å². The van der Waals surface area contributed by atoms with Crippen LogP contribution in [0, 0.1) is 34.5 Å². The van der Waals surface area contributed by atoms with Gasteiger partial charge in [0.05, 0.1) is 0 Å². The number of fused-ring (bicyclic) bond motifs is 5. The Labute approximate surface area is 186 Å². The zero-order valence-corrected chi connectivity index (χ0v) is 19.4. The number of carbonyl (C=O) groups is 2. The number of para-hydroxylation sites is 1. The van der Waals surface area contributed by atoms with Crippen molar-refractivity contribution in [3.05, 3.63) is 41.6 Å². The fourth-order valence-electron chi connectivity index (χ4n) is 8.29. The third kappa shape index (κ3) is 3.01. The molecule has 3 fully saturated rings. The lowest BCUT2D eigenvalue weighted by Crippen LogP contribution is -2.54. The number of likely N-dealkylation sites (tertiary alicyclic amines) is 1. The van der Waals surface area contributed by atoms with Crippen LogP contribution >= 0.6 is 0 Å². The SMILES string of the molecule is CC1=C2N(C)C(=O)CC[C@]2(C)C2CC[C@]3(C)C(C(=O)Nc4ccccc4)CC[C@H]3C2C1. The van der Waals surface area contributed by atoms with E-state index in [2.05, 4.69) is 26.1 Å². The summed E-state index contributed by atoms with van der Waals surface area (Å²) >= 11 is 0. The van der Waals surface area contributed by atoms with Gasteiger partial charge in [-0.1, -0.05) is 37.6 Å². The summed E-state index contributed by atoms with van der Waals surface area (Å²) in [6, 6.07) is 9.88. The number of rotatable bonds is 2. The molecule has 4 aliphatic rings. The Morgan fingerprint density at radius 3 is 2.55 bits per heavy atom. The highest BCUT2D eigenvalue weighted by Gasteiger charge is 2.61. The maximum atomic E-state index is 13.3. The van der Waals surface area contributed by atoms with Crippen molar-refractivity contribution in [2.24, 2.45) is 34.5 Å². The molecule has 3 aliphatic carbocycles. The van der Waals surface area contributed by atoms with Crippen LogP contribution in [0.2, 0.25) is 0 Å². The highest BCUT2D eigenvalue weighted by molar-refractivity contribution is 5.93. The van der Waals surface area contributed by atoms with Gasteiger partial charge in [-0.3, -0.25) is 9.59 Å². The minimum atomic E-state index is 0.0740. The first-order chi connectivity index (χ1) is 14.8. The van der Waals surface area contributed by atoms with E-state index in [1.165, 1.54) is 17.7 Å². The molecule has 166 valence electrons. The van der Waals surface area contributed by atoms with Gasteiger partial charge in [0.2, 0.25) is 11.8 Å². The Morgan fingerprint density at radius 1 is 1.06 bits per heavy atom. The predicted molar refractivity (Wildman–Crippen MR) is 123 cm³/mol. The topological polar surface area (TPSA) is 49.4 Å². The molecular weight excluding hydrogens is 384 g/mol. The van der Waals surface area contributed by atoms with Gasteiger partial charge in [0.1, 0.15) is 0 Å². The summed E-state index contributed by atoms with van der Waals surface area (Å²) in [6.45, 7) is 7.06. The summed E-state index contributed by atoms with van der Waals surface area (Å²) in [5.41, 5.74) is 3.79. The Hall–Kier alpha value is -2.10. The van der Waals surface area contributed by atoms with Crippen molar-refractivity contribution in [3.63, 3.8) is 0 Å². The molecule has 1 saturated heterocycles. The Bertz CT molecular complexity index is 938. The Kier molecular flexibility index (Phi) is 4.84. The van der Waals surface area contributed by atoms with E-state index in [-0.39, 0.29) is 28.6 Å².